The van der Waals surface area contributed by atoms with Crippen LogP contribution in [-0.2, 0) is 23.1 Å². The third kappa shape index (κ3) is 4.12. The number of fused-ring (bicyclic) bond motifs is 2. The Kier molecular flexibility index (Phi) is 5.32. The van der Waals surface area contributed by atoms with E-state index in [4.69, 9.17) is 0 Å². The van der Waals surface area contributed by atoms with Crippen molar-refractivity contribution in [2.24, 2.45) is 7.05 Å². The van der Waals surface area contributed by atoms with Gasteiger partial charge in [-0.05, 0) is 31.0 Å². The molecule has 0 saturated heterocycles. The van der Waals surface area contributed by atoms with Crippen LogP contribution >= 0.6 is 0 Å². The Morgan fingerprint density at radius 2 is 1.97 bits per heavy atom. The Bertz CT molecular complexity index is 1590. The lowest BCUT2D eigenvalue weighted by molar-refractivity contribution is -0.137. The molecule has 0 spiro atoms. The van der Waals surface area contributed by atoms with Gasteiger partial charge in [-0.15, -0.1) is 0 Å². The summed E-state index contributed by atoms with van der Waals surface area (Å²) in [5, 5.41) is -0.174. The summed E-state index contributed by atoms with van der Waals surface area (Å²) in [6, 6.07) is 3.99. The number of hydrogen-bond acceptors (Lipinski definition) is 7. The SMILES string of the molecule is CCS(=O)(=O)c1c(-c2nc3cc(C(F)(F)F)cnc3n2C)nc2cc(C(=O)NNC3CC3)ccn12. The number of alkyl halides is 3. The number of sulfone groups is 1. The molecular formula is C21H20F3N7O3S. The summed E-state index contributed by atoms with van der Waals surface area (Å²) in [5.74, 6) is -0.624. The van der Waals surface area contributed by atoms with Gasteiger partial charge in [0.2, 0.25) is 0 Å². The smallest absolute Gasteiger partial charge is 0.310 e. The topological polar surface area (TPSA) is 123 Å². The number of imidazole rings is 2. The molecule has 10 nitrogen and oxygen atoms in total. The van der Waals surface area contributed by atoms with Gasteiger partial charge in [0.05, 0.1) is 11.3 Å². The second-order valence-electron chi connectivity index (χ2n) is 8.24. The Hall–Kier alpha value is -3.52. The minimum absolute atomic E-state index is 0.0314. The average Bonchev–Trinajstić information content (AvgIpc) is 3.48. The van der Waals surface area contributed by atoms with E-state index < -0.39 is 27.5 Å². The molecule has 184 valence electrons. The van der Waals surface area contributed by atoms with Gasteiger partial charge in [0.1, 0.15) is 16.9 Å². The lowest BCUT2D eigenvalue weighted by Crippen LogP contribution is -2.38. The molecule has 0 aromatic carbocycles. The van der Waals surface area contributed by atoms with Crippen LogP contribution < -0.4 is 10.9 Å². The van der Waals surface area contributed by atoms with Crippen LogP contribution in [0.2, 0.25) is 0 Å². The van der Waals surface area contributed by atoms with Crippen LogP contribution in [-0.4, -0.2) is 50.0 Å². The normalized spacial score (nSPS) is 14.7. The molecule has 0 atom stereocenters. The molecule has 4 aromatic rings. The van der Waals surface area contributed by atoms with Crippen molar-refractivity contribution in [3.8, 4) is 11.5 Å². The standard InChI is InChI=1S/C21H20F3N7O3S/c1-3-35(33,34)20-16(18-26-14-9-12(21(22,23)24)10-25-17(14)30(18)2)27-15-8-11(6-7-31(15)20)19(32)29-28-13-4-5-13/h6-10,13,28H,3-5H2,1-2H3,(H,29,32). The van der Waals surface area contributed by atoms with E-state index in [2.05, 4.69) is 25.8 Å². The van der Waals surface area contributed by atoms with Crippen LogP contribution in [0.4, 0.5) is 13.2 Å². The summed E-state index contributed by atoms with van der Waals surface area (Å²) < 4.78 is 68.2. The van der Waals surface area contributed by atoms with Gasteiger partial charge in [-0.25, -0.2) is 28.8 Å². The molecule has 0 unspecified atom stereocenters. The van der Waals surface area contributed by atoms with Crippen LogP contribution in [0.1, 0.15) is 35.7 Å². The molecule has 5 rings (SSSR count). The molecule has 1 aliphatic rings. The van der Waals surface area contributed by atoms with Gasteiger partial charge in [0.25, 0.3) is 5.91 Å². The average molecular weight is 507 g/mol. The van der Waals surface area contributed by atoms with E-state index in [9.17, 15) is 26.4 Å². The van der Waals surface area contributed by atoms with Crippen LogP contribution in [0.25, 0.3) is 28.3 Å². The minimum atomic E-state index is -4.61. The van der Waals surface area contributed by atoms with Crippen LogP contribution in [0, 0.1) is 0 Å². The highest BCUT2D eigenvalue weighted by atomic mass is 32.2. The second kappa shape index (κ2) is 8.02. The fourth-order valence-electron chi connectivity index (χ4n) is 3.65. The summed E-state index contributed by atoms with van der Waals surface area (Å²) in [6.45, 7) is 1.47. The van der Waals surface area contributed by atoms with Crippen molar-refractivity contribution in [2.75, 3.05) is 5.75 Å². The fraction of sp³-hybridized carbons (Fsp3) is 0.333. The van der Waals surface area contributed by atoms with Crippen LogP contribution in [0.5, 0.6) is 0 Å². The summed E-state index contributed by atoms with van der Waals surface area (Å²) in [4.78, 5) is 25.0. The molecule has 2 N–H and O–H groups in total. The molecule has 4 aromatic heterocycles. The predicted octanol–water partition coefficient (Wildman–Crippen LogP) is 2.49. The molecule has 1 saturated carbocycles. The lowest BCUT2D eigenvalue weighted by Gasteiger charge is -2.07. The monoisotopic (exact) mass is 507 g/mol. The Labute approximate surface area is 197 Å². The van der Waals surface area contributed by atoms with Gasteiger partial charge in [0, 0.05) is 31.0 Å². The number of carbonyl (C=O) groups is 1. The number of pyridine rings is 2. The number of rotatable bonds is 6. The van der Waals surface area contributed by atoms with E-state index >= 15 is 0 Å². The van der Waals surface area contributed by atoms with Crippen molar-refractivity contribution < 1.29 is 26.4 Å². The van der Waals surface area contributed by atoms with Crippen molar-refractivity contribution in [2.45, 2.75) is 37.0 Å². The number of nitrogens with zero attached hydrogens (tertiary/aromatic N) is 5. The Morgan fingerprint density at radius 1 is 1.23 bits per heavy atom. The van der Waals surface area contributed by atoms with Gasteiger partial charge in [-0.1, -0.05) is 6.92 Å². The minimum Gasteiger partial charge on any atom is -0.310 e. The first-order chi connectivity index (χ1) is 16.5. The Morgan fingerprint density at radius 3 is 2.63 bits per heavy atom. The highest BCUT2D eigenvalue weighted by Gasteiger charge is 2.33. The molecule has 1 aliphatic carbocycles. The van der Waals surface area contributed by atoms with Crippen molar-refractivity contribution in [3.63, 3.8) is 0 Å². The van der Waals surface area contributed by atoms with E-state index in [1.807, 2.05) is 0 Å². The maximum Gasteiger partial charge on any atom is 0.417 e. The number of aryl methyl sites for hydroxylation is 1. The molecule has 14 heteroatoms. The highest BCUT2D eigenvalue weighted by molar-refractivity contribution is 7.91. The van der Waals surface area contributed by atoms with Gasteiger partial charge in [-0.2, -0.15) is 13.2 Å². The summed E-state index contributed by atoms with van der Waals surface area (Å²) in [5.41, 5.74) is 4.98. The largest absolute Gasteiger partial charge is 0.417 e. The lowest BCUT2D eigenvalue weighted by atomic mass is 10.2. The third-order valence-corrected chi connectivity index (χ3v) is 7.47. The van der Waals surface area contributed by atoms with E-state index in [0.717, 1.165) is 18.9 Å². The molecule has 4 heterocycles. The molecule has 35 heavy (non-hydrogen) atoms. The summed E-state index contributed by atoms with van der Waals surface area (Å²) in [6.07, 6.45) is -0.550. The van der Waals surface area contributed by atoms with Crippen LogP contribution in [0.15, 0.2) is 35.6 Å². The van der Waals surface area contributed by atoms with Crippen molar-refractivity contribution in [1.82, 2.24) is 34.8 Å². The third-order valence-electron chi connectivity index (χ3n) is 5.73. The van der Waals surface area contributed by atoms with E-state index in [1.54, 1.807) is 0 Å². The van der Waals surface area contributed by atoms with Crippen molar-refractivity contribution in [1.29, 1.82) is 0 Å². The quantitative estimate of drug-likeness (QED) is 0.385. The maximum atomic E-state index is 13.2. The van der Waals surface area contributed by atoms with Gasteiger partial charge in [-0.3, -0.25) is 14.6 Å². The Balaban J connectivity index is 1.67. The van der Waals surface area contributed by atoms with Crippen molar-refractivity contribution in [3.05, 3.63) is 41.7 Å². The van der Waals surface area contributed by atoms with Crippen LogP contribution in [0.3, 0.4) is 0 Å². The molecular weight excluding hydrogens is 487 g/mol. The van der Waals surface area contributed by atoms with E-state index in [1.165, 1.54) is 41.3 Å². The first kappa shape index (κ1) is 23.2. The number of hydrazine groups is 1. The zero-order valence-corrected chi connectivity index (χ0v) is 19.4. The predicted molar refractivity (Wildman–Crippen MR) is 119 cm³/mol. The number of halogens is 3. The van der Waals surface area contributed by atoms with E-state index in [-0.39, 0.29) is 50.7 Å². The molecule has 1 fully saturated rings. The molecule has 0 bridgehead atoms. The molecule has 0 aliphatic heterocycles. The summed E-state index contributed by atoms with van der Waals surface area (Å²) in [7, 11) is -2.34. The second-order valence-corrected chi connectivity index (χ2v) is 10.4. The number of carbonyl (C=O) groups excluding carboxylic acids is 1. The van der Waals surface area contributed by atoms with Gasteiger partial charge < -0.3 is 4.57 Å². The molecule has 1 amide bonds. The number of nitrogens with one attached hydrogen (secondary N) is 2. The first-order valence-corrected chi connectivity index (χ1v) is 12.4. The maximum absolute atomic E-state index is 13.2. The molecule has 0 radical (unpaired) electrons. The van der Waals surface area contributed by atoms with Gasteiger partial charge in [0.15, 0.2) is 26.3 Å². The number of hydrogen-bond donors (Lipinski definition) is 2. The fourth-order valence-corrected chi connectivity index (χ4v) is 4.81. The number of amides is 1. The van der Waals surface area contributed by atoms with Gasteiger partial charge >= 0.3 is 6.18 Å². The summed E-state index contributed by atoms with van der Waals surface area (Å²) >= 11 is 0. The van der Waals surface area contributed by atoms with E-state index in [0.29, 0.717) is 6.20 Å². The zero-order chi connectivity index (χ0) is 25.1. The highest BCUT2D eigenvalue weighted by Crippen LogP contribution is 2.33. The number of aromatic nitrogens is 5. The zero-order valence-electron chi connectivity index (χ0n) is 18.6. The van der Waals surface area contributed by atoms with Crippen molar-refractivity contribution >= 4 is 32.6 Å². The first-order valence-electron chi connectivity index (χ1n) is 10.7.